The lowest BCUT2D eigenvalue weighted by molar-refractivity contribution is 0.461. The summed E-state index contributed by atoms with van der Waals surface area (Å²) in [5.74, 6) is -0.204. The highest BCUT2D eigenvalue weighted by Gasteiger charge is 2.20. The first-order valence-electron chi connectivity index (χ1n) is 6.95. The van der Waals surface area contributed by atoms with Gasteiger partial charge in [0.25, 0.3) is 0 Å². The Morgan fingerprint density at radius 2 is 1.55 bits per heavy atom. The molecule has 0 fully saturated rings. The highest BCUT2D eigenvalue weighted by atomic mass is 19.1. The van der Waals surface area contributed by atoms with Gasteiger partial charge >= 0.3 is 0 Å². The van der Waals surface area contributed by atoms with E-state index in [4.69, 9.17) is 5.73 Å². The van der Waals surface area contributed by atoms with Gasteiger partial charge in [0.2, 0.25) is 0 Å². The van der Waals surface area contributed by atoms with Gasteiger partial charge in [0.15, 0.2) is 0 Å². The largest absolute Gasteiger partial charge is 0.325 e. The molecule has 1 nitrogen and oxygen atoms in total. The molecule has 0 bridgehead atoms. The molecule has 2 heteroatoms. The van der Waals surface area contributed by atoms with Crippen molar-refractivity contribution in [2.75, 3.05) is 0 Å². The highest BCUT2D eigenvalue weighted by Crippen LogP contribution is 2.19. The second-order valence-corrected chi connectivity index (χ2v) is 6.13. The molecule has 0 aromatic heterocycles. The molecule has 0 heterocycles. The lowest BCUT2D eigenvalue weighted by atomic mass is 9.86. The summed E-state index contributed by atoms with van der Waals surface area (Å²) in [6.07, 6.45) is 1.45. The summed E-state index contributed by atoms with van der Waals surface area (Å²) in [5, 5.41) is 0. The Morgan fingerprint density at radius 3 is 2.15 bits per heavy atom. The number of nitrogens with two attached hydrogens (primary N) is 1. The van der Waals surface area contributed by atoms with E-state index >= 15 is 0 Å². The van der Waals surface area contributed by atoms with Crippen LogP contribution in [0.5, 0.6) is 0 Å². The second-order valence-electron chi connectivity index (χ2n) is 6.13. The smallest absolute Gasteiger partial charge is 0.123 e. The molecule has 0 radical (unpaired) electrons. The van der Waals surface area contributed by atoms with Crippen LogP contribution < -0.4 is 5.73 Å². The summed E-state index contributed by atoms with van der Waals surface area (Å²) in [6, 6.07) is 13.2. The molecule has 0 aliphatic rings. The normalized spacial score (nSPS) is 14.1. The fraction of sp³-hybridized carbons (Fsp3) is 0.333. The van der Waals surface area contributed by atoms with E-state index in [1.807, 2.05) is 13.0 Å². The molecular formula is C18H22FN. The van der Waals surface area contributed by atoms with Crippen LogP contribution in [0.15, 0.2) is 42.5 Å². The van der Waals surface area contributed by atoms with Crippen molar-refractivity contribution < 1.29 is 4.39 Å². The zero-order valence-electron chi connectivity index (χ0n) is 12.4. The fourth-order valence-electron chi connectivity index (χ4n) is 2.81. The van der Waals surface area contributed by atoms with E-state index in [1.54, 1.807) is 12.1 Å². The van der Waals surface area contributed by atoms with Gasteiger partial charge in [-0.15, -0.1) is 0 Å². The quantitative estimate of drug-likeness (QED) is 0.895. The molecule has 2 rings (SSSR count). The minimum absolute atomic E-state index is 0.204. The molecule has 0 aliphatic heterocycles. The third-order valence-corrected chi connectivity index (χ3v) is 3.39. The zero-order valence-corrected chi connectivity index (χ0v) is 12.4. The van der Waals surface area contributed by atoms with Gasteiger partial charge in [0.05, 0.1) is 0 Å². The standard InChI is InChI=1S/C18H22FN/c1-13-7-14(2)9-16(8-13)12-18(3,20)11-15-5-4-6-17(19)10-15/h4-10H,11-12,20H2,1-3H3. The third kappa shape index (κ3) is 4.17. The van der Waals surface area contributed by atoms with E-state index in [0.29, 0.717) is 6.42 Å². The number of hydrogen-bond donors (Lipinski definition) is 1. The van der Waals surface area contributed by atoms with E-state index in [9.17, 15) is 4.39 Å². The van der Waals surface area contributed by atoms with Crippen molar-refractivity contribution in [3.05, 3.63) is 70.5 Å². The van der Waals surface area contributed by atoms with Gasteiger partial charge < -0.3 is 5.73 Å². The Bertz CT molecular complexity index is 582. The minimum Gasteiger partial charge on any atom is -0.325 e. The predicted octanol–water partition coefficient (Wildman–Crippen LogP) is 3.95. The van der Waals surface area contributed by atoms with E-state index in [-0.39, 0.29) is 11.4 Å². The van der Waals surface area contributed by atoms with Crippen LogP contribution in [0.1, 0.15) is 29.2 Å². The van der Waals surface area contributed by atoms with Crippen LogP contribution in [0, 0.1) is 19.7 Å². The molecule has 0 saturated carbocycles. The molecule has 20 heavy (non-hydrogen) atoms. The van der Waals surface area contributed by atoms with Gasteiger partial charge in [-0.3, -0.25) is 0 Å². The van der Waals surface area contributed by atoms with Gasteiger partial charge in [-0.2, -0.15) is 0 Å². The first kappa shape index (κ1) is 14.7. The molecule has 0 spiro atoms. The summed E-state index contributed by atoms with van der Waals surface area (Å²) >= 11 is 0. The van der Waals surface area contributed by atoms with E-state index < -0.39 is 0 Å². The first-order chi connectivity index (χ1) is 9.34. The molecule has 0 saturated heterocycles. The van der Waals surface area contributed by atoms with Gasteiger partial charge in [-0.1, -0.05) is 41.5 Å². The number of rotatable bonds is 4. The Balaban J connectivity index is 2.14. The van der Waals surface area contributed by atoms with Crippen molar-refractivity contribution in [3.63, 3.8) is 0 Å². The van der Waals surface area contributed by atoms with Crippen LogP contribution in [0.25, 0.3) is 0 Å². The first-order valence-corrected chi connectivity index (χ1v) is 6.95. The van der Waals surface area contributed by atoms with Crippen LogP contribution in [0.2, 0.25) is 0 Å². The van der Waals surface area contributed by atoms with Gasteiger partial charge in [-0.25, -0.2) is 4.39 Å². The maximum Gasteiger partial charge on any atom is 0.123 e. The van der Waals surface area contributed by atoms with Crippen molar-refractivity contribution in [3.8, 4) is 0 Å². The van der Waals surface area contributed by atoms with Crippen LogP contribution in [0.4, 0.5) is 4.39 Å². The van der Waals surface area contributed by atoms with E-state index in [1.165, 1.54) is 22.8 Å². The highest BCUT2D eigenvalue weighted by molar-refractivity contribution is 5.30. The Labute approximate surface area is 120 Å². The lowest BCUT2D eigenvalue weighted by Gasteiger charge is -2.25. The van der Waals surface area contributed by atoms with Crippen molar-refractivity contribution in [2.45, 2.75) is 39.2 Å². The van der Waals surface area contributed by atoms with Gasteiger partial charge in [0.1, 0.15) is 5.82 Å². The SMILES string of the molecule is Cc1cc(C)cc(CC(C)(N)Cc2cccc(F)c2)c1. The Hall–Kier alpha value is -1.67. The van der Waals surface area contributed by atoms with E-state index in [2.05, 4.69) is 32.0 Å². The number of halogens is 1. The van der Waals surface area contributed by atoms with Gasteiger partial charge in [0, 0.05) is 5.54 Å². The van der Waals surface area contributed by atoms with Crippen LogP contribution in [-0.4, -0.2) is 5.54 Å². The lowest BCUT2D eigenvalue weighted by Crippen LogP contribution is -2.41. The molecule has 0 amide bonds. The molecule has 106 valence electrons. The van der Waals surface area contributed by atoms with Crippen molar-refractivity contribution in [1.82, 2.24) is 0 Å². The van der Waals surface area contributed by atoms with Crippen molar-refractivity contribution >= 4 is 0 Å². The van der Waals surface area contributed by atoms with Crippen molar-refractivity contribution in [1.29, 1.82) is 0 Å². The number of hydrogen-bond acceptors (Lipinski definition) is 1. The molecule has 2 N–H and O–H groups in total. The Kier molecular flexibility index (Phi) is 4.24. The molecular weight excluding hydrogens is 249 g/mol. The molecule has 2 aromatic carbocycles. The summed E-state index contributed by atoms with van der Waals surface area (Å²) < 4.78 is 13.2. The van der Waals surface area contributed by atoms with E-state index in [0.717, 1.165) is 12.0 Å². The summed E-state index contributed by atoms with van der Waals surface area (Å²) in [4.78, 5) is 0. The van der Waals surface area contributed by atoms with Crippen LogP contribution in [0.3, 0.4) is 0 Å². The maximum atomic E-state index is 13.2. The average Bonchev–Trinajstić information content (AvgIpc) is 2.25. The number of aryl methyl sites for hydroxylation is 2. The van der Waals surface area contributed by atoms with Crippen LogP contribution in [-0.2, 0) is 12.8 Å². The van der Waals surface area contributed by atoms with Crippen molar-refractivity contribution in [2.24, 2.45) is 5.73 Å². The molecule has 0 aliphatic carbocycles. The summed E-state index contributed by atoms with van der Waals surface area (Å²) in [6.45, 7) is 6.21. The average molecular weight is 271 g/mol. The number of benzene rings is 2. The minimum atomic E-state index is -0.381. The molecule has 1 atom stereocenters. The summed E-state index contributed by atoms with van der Waals surface area (Å²) in [7, 11) is 0. The van der Waals surface area contributed by atoms with Crippen LogP contribution >= 0.6 is 0 Å². The third-order valence-electron chi connectivity index (χ3n) is 3.39. The predicted molar refractivity (Wildman–Crippen MR) is 82.3 cm³/mol. The molecule has 2 aromatic rings. The molecule has 1 unspecified atom stereocenters. The summed E-state index contributed by atoms with van der Waals surface area (Å²) in [5.41, 5.74) is 10.7. The zero-order chi connectivity index (χ0) is 14.8. The fourth-order valence-corrected chi connectivity index (χ4v) is 2.81. The second kappa shape index (κ2) is 5.76. The maximum absolute atomic E-state index is 13.2. The topological polar surface area (TPSA) is 26.0 Å². The van der Waals surface area contributed by atoms with Gasteiger partial charge in [-0.05, 0) is 56.9 Å². The Morgan fingerprint density at radius 1 is 0.950 bits per heavy atom. The monoisotopic (exact) mass is 271 g/mol.